The lowest BCUT2D eigenvalue weighted by Gasteiger charge is -2.12. The van der Waals surface area contributed by atoms with E-state index in [1.165, 1.54) is 18.3 Å². The van der Waals surface area contributed by atoms with Gasteiger partial charge in [-0.25, -0.2) is 13.1 Å². The van der Waals surface area contributed by atoms with Gasteiger partial charge in [0.2, 0.25) is 10.0 Å². The fourth-order valence-corrected chi connectivity index (χ4v) is 4.28. The molecule has 0 saturated carbocycles. The van der Waals surface area contributed by atoms with Crippen LogP contribution in [0.5, 0.6) is 5.75 Å². The number of H-pyrrole nitrogens is 1. The van der Waals surface area contributed by atoms with Crippen molar-refractivity contribution < 1.29 is 18.3 Å². The van der Waals surface area contributed by atoms with E-state index in [2.05, 4.69) is 4.98 Å². The van der Waals surface area contributed by atoms with Gasteiger partial charge in [-0.1, -0.05) is 23.7 Å². The Bertz CT molecular complexity index is 1520. The highest BCUT2D eigenvalue weighted by Crippen LogP contribution is 2.36. The van der Waals surface area contributed by atoms with Gasteiger partial charge in [-0.3, -0.25) is 9.59 Å². The Morgan fingerprint density at radius 1 is 1.16 bits per heavy atom. The second kappa shape index (κ2) is 8.18. The van der Waals surface area contributed by atoms with E-state index in [0.29, 0.717) is 21.5 Å². The van der Waals surface area contributed by atoms with Crippen LogP contribution >= 0.6 is 11.6 Å². The third-order valence-corrected chi connectivity index (χ3v) is 5.65. The molecule has 10 heteroatoms. The molecule has 0 unspecified atom stereocenters. The fraction of sp³-hybridized carbons (Fsp3) is 0.0909. The van der Waals surface area contributed by atoms with Gasteiger partial charge >= 0.3 is 0 Å². The number of pyridine rings is 1. The number of phenolic OH excluding ortho intramolecular Hbond substituents is 1. The molecule has 0 aliphatic rings. The minimum Gasteiger partial charge on any atom is -0.508 e. The quantitative estimate of drug-likeness (QED) is 0.413. The molecule has 0 atom stereocenters. The summed E-state index contributed by atoms with van der Waals surface area (Å²) in [6.45, 7) is 0.129. The van der Waals surface area contributed by atoms with E-state index < -0.39 is 21.5 Å². The first-order valence-electron chi connectivity index (χ1n) is 9.44. The number of carbonyl (C=O) groups is 1. The Morgan fingerprint density at radius 2 is 1.94 bits per heavy atom. The van der Waals surface area contributed by atoms with Gasteiger partial charge in [0.1, 0.15) is 11.4 Å². The van der Waals surface area contributed by atoms with Crippen LogP contribution in [-0.4, -0.2) is 35.2 Å². The molecule has 2 heterocycles. The van der Waals surface area contributed by atoms with Crippen LogP contribution in [-0.2, 0) is 16.6 Å². The summed E-state index contributed by atoms with van der Waals surface area (Å²) in [6, 6.07) is 14.6. The topological polar surface area (TPSA) is 121 Å². The Kier molecular flexibility index (Phi) is 5.53. The predicted molar refractivity (Wildman–Crippen MR) is 123 cm³/mol. The molecule has 4 aromatic rings. The zero-order valence-corrected chi connectivity index (χ0v) is 18.4. The summed E-state index contributed by atoms with van der Waals surface area (Å²) in [5.74, 6) is -0.845. The van der Waals surface area contributed by atoms with Gasteiger partial charge in [-0.15, -0.1) is 0 Å². The molecule has 0 saturated heterocycles. The van der Waals surface area contributed by atoms with Crippen molar-refractivity contribution in [2.75, 3.05) is 6.26 Å². The van der Waals surface area contributed by atoms with E-state index in [1.807, 2.05) is 4.72 Å². The van der Waals surface area contributed by atoms with Crippen molar-refractivity contribution in [3.8, 4) is 16.9 Å². The molecule has 0 spiro atoms. The largest absolute Gasteiger partial charge is 0.508 e. The molecule has 2 aromatic heterocycles. The predicted octanol–water partition coefficient (Wildman–Crippen LogP) is 3.09. The maximum Gasteiger partial charge on any atom is 0.282 e. The van der Waals surface area contributed by atoms with Crippen molar-refractivity contribution in [3.05, 3.63) is 87.4 Å². The average molecular weight is 472 g/mol. The third kappa shape index (κ3) is 4.25. The average Bonchev–Trinajstić information content (AvgIpc) is 3.00. The Morgan fingerprint density at radius 3 is 2.62 bits per heavy atom. The number of nitrogens with zero attached hydrogens (tertiary/aromatic N) is 1. The van der Waals surface area contributed by atoms with Crippen LogP contribution in [0.15, 0.2) is 65.6 Å². The summed E-state index contributed by atoms with van der Waals surface area (Å²) in [6.07, 6.45) is 2.33. The fourth-order valence-electron chi connectivity index (χ4n) is 3.67. The van der Waals surface area contributed by atoms with Crippen LogP contribution in [0.4, 0.5) is 0 Å². The van der Waals surface area contributed by atoms with Crippen molar-refractivity contribution in [2.24, 2.45) is 0 Å². The van der Waals surface area contributed by atoms with Gasteiger partial charge in [0.05, 0.1) is 6.26 Å². The van der Waals surface area contributed by atoms with Crippen LogP contribution < -0.4 is 10.3 Å². The molecule has 0 aliphatic heterocycles. The number of sulfonamides is 1. The summed E-state index contributed by atoms with van der Waals surface area (Å²) in [4.78, 5) is 28.4. The first-order valence-corrected chi connectivity index (χ1v) is 11.7. The molecule has 8 nitrogen and oxygen atoms in total. The number of nitrogens with one attached hydrogen (secondary N) is 2. The monoisotopic (exact) mass is 471 g/mol. The zero-order valence-electron chi connectivity index (χ0n) is 16.8. The van der Waals surface area contributed by atoms with Gasteiger partial charge in [0.25, 0.3) is 11.5 Å². The summed E-state index contributed by atoms with van der Waals surface area (Å²) in [5.41, 5.74) is 1.21. The van der Waals surface area contributed by atoms with Crippen LogP contribution in [0.3, 0.4) is 0 Å². The van der Waals surface area contributed by atoms with Gasteiger partial charge in [-0.05, 0) is 48.0 Å². The summed E-state index contributed by atoms with van der Waals surface area (Å²) in [7, 11) is -3.89. The molecular weight excluding hydrogens is 454 g/mol. The van der Waals surface area contributed by atoms with Gasteiger partial charge in [0, 0.05) is 39.8 Å². The molecule has 0 aliphatic carbocycles. The minimum absolute atomic E-state index is 0.0206. The van der Waals surface area contributed by atoms with E-state index in [-0.39, 0.29) is 29.1 Å². The Hall–Kier alpha value is -3.56. The van der Waals surface area contributed by atoms with Crippen molar-refractivity contribution in [1.29, 1.82) is 0 Å². The molecule has 0 radical (unpaired) electrons. The van der Waals surface area contributed by atoms with Crippen LogP contribution in [0, 0.1) is 0 Å². The maximum atomic E-state index is 13.2. The van der Waals surface area contributed by atoms with E-state index >= 15 is 0 Å². The first-order chi connectivity index (χ1) is 15.1. The van der Waals surface area contributed by atoms with Crippen molar-refractivity contribution in [1.82, 2.24) is 14.3 Å². The molecular formula is C22H18ClN3O5S. The lowest BCUT2D eigenvalue weighted by Crippen LogP contribution is -2.31. The number of aromatic amines is 1. The number of amides is 1. The summed E-state index contributed by atoms with van der Waals surface area (Å²) in [5, 5.41) is 10.8. The second-order valence-electron chi connectivity index (χ2n) is 7.26. The third-order valence-electron chi connectivity index (χ3n) is 4.86. The zero-order chi connectivity index (χ0) is 23.0. The normalized spacial score (nSPS) is 11.6. The summed E-state index contributed by atoms with van der Waals surface area (Å²) >= 11 is 6.22. The van der Waals surface area contributed by atoms with E-state index in [9.17, 15) is 23.1 Å². The second-order valence-corrected chi connectivity index (χ2v) is 9.44. The van der Waals surface area contributed by atoms with Crippen LogP contribution in [0.25, 0.3) is 22.0 Å². The number of halogens is 1. The molecule has 2 aromatic carbocycles. The Balaban J connectivity index is 2.09. The highest BCUT2D eigenvalue weighted by Gasteiger charge is 2.27. The maximum absolute atomic E-state index is 13.2. The summed E-state index contributed by atoms with van der Waals surface area (Å²) < 4.78 is 27.3. The lowest BCUT2D eigenvalue weighted by molar-refractivity contribution is 0.0974. The number of aromatic hydroxyl groups is 1. The van der Waals surface area contributed by atoms with Crippen molar-refractivity contribution in [2.45, 2.75) is 6.54 Å². The number of rotatable bonds is 5. The van der Waals surface area contributed by atoms with Gasteiger partial charge in [0.15, 0.2) is 0 Å². The smallest absolute Gasteiger partial charge is 0.282 e. The van der Waals surface area contributed by atoms with Gasteiger partial charge < -0.3 is 14.7 Å². The SMILES string of the molecule is CS(=O)(=O)NC(=O)c1c(-c2ccc[nH]c2=O)c2cc(Cl)ccc2n1Cc1cccc(O)c1. The molecule has 1 amide bonds. The van der Waals surface area contributed by atoms with Crippen molar-refractivity contribution in [3.63, 3.8) is 0 Å². The number of carbonyl (C=O) groups excluding carboxylic acids is 1. The standard InChI is InChI=1S/C22H18ClN3O5S/c1-32(30,31)25-22(29)20-19(16-6-3-9-24-21(16)28)17-11-14(23)7-8-18(17)26(20)12-13-4-2-5-15(27)10-13/h2-11,27H,12H2,1H3,(H,24,28)(H,25,29). The van der Waals surface area contributed by atoms with Crippen LogP contribution in [0.2, 0.25) is 5.02 Å². The first kappa shape index (κ1) is 21.7. The number of hydrogen-bond acceptors (Lipinski definition) is 5. The molecule has 0 fully saturated rings. The van der Waals surface area contributed by atoms with E-state index in [0.717, 1.165) is 6.26 Å². The number of benzene rings is 2. The number of hydrogen-bond donors (Lipinski definition) is 3. The van der Waals surface area contributed by atoms with Crippen LogP contribution in [0.1, 0.15) is 16.1 Å². The number of aromatic nitrogens is 2. The molecule has 0 bridgehead atoms. The number of phenols is 1. The van der Waals surface area contributed by atoms with E-state index in [1.54, 1.807) is 47.0 Å². The van der Waals surface area contributed by atoms with Crippen molar-refractivity contribution >= 4 is 38.4 Å². The van der Waals surface area contributed by atoms with Gasteiger partial charge in [-0.2, -0.15) is 0 Å². The Labute approximate surface area is 188 Å². The highest BCUT2D eigenvalue weighted by atomic mass is 35.5. The minimum atomic E-state index is -3.89. The molecule has 164 valence electrons. The molecule has 3 N–H and O–H groups in total. The van der Waals surface area contributed by atoms with E-state index in [4.69, 9.17) is 11.6 Å². The highest BCUT2D eigenvalue weighted by molar-refractivity contribution is 7.89. The molecule has 4 rings (SSSR count). The number of fused-ring (bicyclic) bond motifs is 1. The lowest BCUT2D eigenvalue weighted by atomic mass is 10.0. The molecule has 32 heavy (non-hydrogen) atoms.